The highest BCUT2D eigenvalue weighted by molar-refractivity contribution is 7.91. The minimum atomic E-state index is -3.74. The molecule has 1 aromatic heterocycles. The molecule has 1 fully saturated rings. The molecular weight excluding hydrogens is 454 g/mol. The summed E-state index contributed by atoms with van der Waals surface area (Å²) in [5.41, 5.74) is 2.09. The first-order valence-corrected chi connectivity index (χ1v) is 12.4. The van der Waals surface area contributed by atoms with Crippen molar-refractivity contribution < 1.29 is 13.2 Å². The van der Waals surface area contributed by atoms with E-state index in [-0.39, 0.29) is 16.7 Å². The van der Waals surface area contributed by atoms with Crippen LogP contribution >= 0.6 is 22.9 Å². The van der Waals surface area contributed by atoms with Crippen molar-refractivity contribution in [2.24, 2.45) is 5.92 Å². The van der Waals surface area contributed by atoms with Crippen LogP contribution in [0.5, 0.6) is 0 Å². The Bertz CT molecular complexity index is 1310. The number of carbonyl (C=O) groups is 1. The second-order valence-corrected chi connectivity index (χ2v) is 11.0. The van der Waals surface area contributed by atoms with E-state index in [0.29, 0.717) is 35.7 Å². The Morgan fingerprint density at radius 2 is 2.10 bits per heavy atom. The molecule has 0 bridgehead atoms. The molecule has 31 heavy (non-hydrogen) atoms. The van der Waals surface area contributed by atoms with Gasteiger partial charge >= 0.3 is 0 Å². The minimum Gasteiger partial charge on any atom is -0.338 e. The molecule has 1 N–H and O–H groups in total. The number of amides is 1. The zero-order valence-corrected chi connectivity index (χ0v) is 19.1. The topological polar surface area (TPSA) is 90.3 Å². The van der Waals surface area contributed by atoms with Gasteiger partial charge < -0.3 is 4.90 Å². The predicted octanol–water partition coefficient (Wildman–Crippen LogP) is 4.06. The molecule has 9 heteroatoms. The number of fused-ring (bicyclic) bond motifs is 1. The third kappa shape index (κ3) is 4.46. The van der Waals surface area contributed by atoms with Crippen LogP contribution in [0.3, 0.4) is 0 Å². The molecule has 0 saturated carbocycles. The highest BCUT2D eigenvalue weighted by Gasteiger charge is 2.33. The van der Waals surface area contributed by atoms with Gasteiger partial charge in [-0.2, -0.15) is 5.26 Å². The van der Waals surface area contributed by atoms with E-state index >= 15 is 0 Å². The summed E-state index contributed by atoms with van der Waals surface area (Å²) in [5, 5.41) is 10.4. The number of aryl methyl sites for hydroxylation is 1. The lowest BCUT2D eigenvalue weighted by Gasteiger charge is -2.17. The van der Waals surface area contributed by atoms with Gasteiger partial charge in [-0.3, -0.25) is 4.79 Å². The van der Waals surface area contributed by atoms with Gasteiger partial charge in [0, 0.05) is 29.4 Å². The van der Waals surface area contributed by atoms with Gasteiger partial charge in [0.15, 0.2) is 0 Å². The van der Waals surface area contributed by atoms with Crippen molar-refractivity contribution in [1.82, 2.24) is 9.62 Å². The van der Waals surface area contributed by atoms with E-state index in [9.17, 15) is 13.2 Å². The van der Waals surface area contributed by atoms with E-state index in [4.69, 9.17) is 16.9 Å². The van der Waals surface area contributed by atoms with Crippen LogP contribution < -0.4 is 4.72 Å². The number of benzene rings is 2. The van der Waals surface area contributed by atoms with Crippen LogP contribution in [0.2, 0.25) is 5.02 Å². The van der Waals surface area contributed by atoms with Crippen LogP contribution in [-0.2, 0) is 21.4 Å². The van der Waals surface area contributed by atoms with E-state index in [0.717, 1.165) is 15.6 Å². The average molecular weight is 474 g/mol. The zero-order chi connectivity index (χ0) is 22.2. The van der Waals surface area contributed by atoms with Gasteiger partial charge in [0.1, 0.15) is 4.21 Å². The smallest absolute Gasteiger partial charge is 0.250 e. The molecule has 1 aliphatic heterocycles. The minimum absolute atomic E-state index is 0.0599. The molecule has 2 heterocycles. The molecule has 0 aliphatic carbocycles. The van der Waals surface area contributed by atoms with Crippen LogP contribution in [0, 0.1) is 24.2 Å². The van der Waals surface area contributed by atoms with E-state index in [1.165, 1.54) is 11.3 Å². The van der Waals surface area contributed by atoms with Crippen LogP contribution in [0.1, 0.15) is 23.1 Å². The molecule has 6 nitrogen and oxygen atoms in total. The standard InChI is InChI=1S/C22H20ClN3O3S2/c1-14-19-10-18(23)5-6-20(19)30-22(14)31(28,29)25-12-17-7-8-26(21(17)27)13-16-4-2-3-15(9-16)11-24/h2-6,9-10,17,25H,7-8,12-13H2,1H3/t17-/m0/s1. The second-order valence-electron chi connectivity index (χ2n) is 7.56. The highest BCUT2D eigenvalue weighted by Crippen LogP contribution is 2.35. The molecule has 3 aromatic rings. The first kappa shape index (κ1) is 21.8. The summed E-state index contributed by atoms with van der Waals surface area (Å²) in [6.07, 6.45) is 0.584. The van der Waals surface area contributed by atoms with Crippen LogP contribution in [0.4, 0.5) is 0 Å². The number of sulfonamides is 1. The fourth-order valence-electron chi connectivity index (χ4n) is 3.81. The molecule has 1 atom stereocenters. The zero-order valence-electron chi connectivity index (χ0n) is 16.8. The maximum Gasteiger partial charge on any atom is 0.250 e. The summed E-state index contributed by atoms with van der Waals surface area (Å²) in [6, 6.07) is 14.6. The molecule has 0 spiro atoms. The Balaban J connectivity index is 1.44. The predicted molar refractivity (Wildman–Crippen MR) is 121 cm³/mol. The first-order chi connectivity index (χ1) is 14.8. The van der Waals surface area contributed by atoms with Crippen LogP contribution in [0.15, 0.2) is 46.7 Å². The molecule has 1 aliphatic rings. The van der Waals surface area contributed by atoms with Crippen molar-refractivity contribution in [2.75, 3.05) is 13.1 Å². The van der Waals surface area contributed by atoms with Gasteiger partial charge in [-0.05, 0) is 60.2 Å². The maximum atomic E-state index is 12.9. The van der Waals surface area contributed by atoms with Gasteiger partial charge in [0.25, 0.3) is 0 Å². The van der Waals surface area contributed by atoms with E-state index < -0.39 is 15.9 Å². The monoisotopic (exact) mass is 473 g/mol. The average Bonchev–Trinajstić information content (AvgIpc) is 3.27. The quantitative estimate of drug-likeness (QED) is 0.584. The number of nitrogens with one attached hydrogen (secondary N) is 1. The maximum absolute atomic E-state index is 12.9. The number of hydrogen-bond acceptors (Lipinski definition) is 5. The molecule has 0 unspecified atom stereocenters. The van der Waals surface area contributed by atoms with E-state index in [2.05, 4.69) is 10.8 Å². The lowest BCUT2D eigenvalue weighted by molar-refractivity contribution is -0.131. The van der Waals surface area contributed by atoms with Gasteiger partial charge in [-0.1, -0.05) is 23.7 Å². The fraction of sp³-hybridized carbons (Fsp3) is 0.273. The van der Waals surface area contributed by atoms with Crippen molar-refractivity contribution in [3.05, 3.63) is 64.2 Å². The van der Waals surface area contributed by atoms with Crippen LogP contribution in [-0.4, -0.2) is 32.3 Å². The summed E-state index contributed by atoms with van der Waals surface area (Å²) in [4.78, 5) is 14.5. The van der Waals surface area contributed by atoms with Crippen molar-refractivity contribution in [3.63, 3.8) is 0 Å². The van der Waals surface area contributed by atoms with Gasteiger partial charge in [0.05, 0.1) is 17.6 Å². The van der Waals surface area contributed by atoms with Crippen molar-refractivity contribution >= 4 is 49.0 Å². The number of nitriles is 1. The lowest BCUT2D eigenvalue weighted by atomic mass is 10.1. The number of likely N-dealkylation sites (tertiary alicyclic amines) is 1. The van der Waals surface area contributed by atoms with Crippen molar-refractivity contribution in [3.8, 4) is 6.07 Å². The molecular formula is C22H20ClN3O3S2. The Morgan fingerprint density at radius 1 is 1.29 bits per heavy atom. The van der Waals surface area contributed by atoms with E-state index in [1.54, 1.807) is 42.2 Å². The Hall–Kier alpha value is -2.44. The summed E-state index contributed by atoms with van der Waals surface area (Å²) >= 11 is 7.25. The number of halogens is 1. The summed E-state index contributed by atoms with van der Waals surface area (Å²) in [5.74, 6) is -0.483. The third-order valence-corrected chi connectivity index (χ3v) is 9.01. The molecule has 2 aromatic carbocycles. The van der Waals surface area contributed by atoms with Crippen LogP contribution in [0.25, 0.3) is 10.1 Å². The summed E-state index contributed by atoms with van der Waals surface area (Å²) < 4.78 is 29.6. The molecule has 0 radical (unpaired) electrons. The molecule has 1 amide bonds. The summed E-state index contributed by atoms with van der Waals surface area (Å²) in [6.45, 7) is 2.79. The fourth-order valence-corrected chi connectivity index (χ4v) is 6.86. The Labute approximate surface area is 190 Å². The number of hydrogen-bond donors (Lipinski definition) is 1. The number of rotatable bonds is 6. The van der Waals surface area contributed by atoms with Gasteiger partial charge in [0.2, 0.25) is 15.9 Å². The molecule has 1 saturated heterocycles. The largest absolute Gasteiger partial charge is 0.338 e. The number of carbonyl (C=O) groups excluding carboxylic acids is 1. The normalized spacial score (nSPS) is 16.7. The number of thiophene rings is 1. The van der Waals surface area contributed by atoms with E-state index in [1.807, 2.05) is 12.1 Å². The number of nitrogens with zero attached hydrogens (tertiary/aromatic N) is 2. The Morgan fingerprint density at radius 3 is 2.87 bits per heavy atom. The van der Waals surface area contributed by atoms with Crippen molar-refractivity contribution in [2.45, 2.75) is 24.1 Å². The third-order valence-electron chi connectivity index (χ3n) is 5.46. The second kappa shape index (κ2) is 8.60. The Kier molecular flexibility index (Phi) is 6.04. The summed E-state index contributed by atoms with van der Waals surface area (Å²) in [7, 11) is -3.74. The van der Waals surface area contributed by atoms with Gasteiger partial charge in [-0.15, -0.1) is 11.3 Å². The van der Waals surface area contributed by atoms with Crippen molar-refractivity contribution in [1.29, 1.82) is 5.26 Å². The van der Waals surface area contributed by atoms with Gasteiger partial charge in [-0.25, -0.2) is 13.1 Å². The SMILES string of the molecule is Cc1c(S(=O)(=O)NC[C@@H]2CCN(Cc3cccc(C#N)c3)C2=O)sc2ccc(Cl)cc12. The molecule has 160 valence electrons. The lowest BCUT2D eigenvalue weighted by Crippen LogP contribution is -2.34. The first-order valence-electron chi connectivity index (χ1n) is 9.74. The molecule has 4 rings (SSSR count). The highest BCUT2D eigenvalue weighted by atomic mass is 35.5.